The number of methoxy groups -OCH3 is 1. The van der Waals surface area contributed by atoms with Crippen LogP contribution in [0.4, 0.5) is 0 Å². The maximum atomic E-state index is 12.4. The highest BCUT2D eigenvalue weighted by molar-refractivity contribution is 7.89. The number of hydrogen-bond donors (Lipinski definition) is 1. The SMILES string of the molecule is COC(=O)C(NS(=O)(=O)c1ccc(C#N)cc1)c1ccccc1. The van der Waals surface area contributed by atoms with Crippen molar-refractivity contribution in [1.29, 1.82) is 5.26 Å². The number of nitrogens with one attached hydrogen (secondary N) is 1. The minimum Gasteiger partial charge on any atom is -0.468 e. The molecule has 0 heterocycles. The summed E-state index contributed by atoms with van der Waals surface area (Å²) in [7, 11) is -2.76. The van der Waals surface area contributed by atoms with Crippen LogP contribution in [0.2, 0.25) is 0 Å². The fourth-order valence-corrected chi connectivity index (χ4v) is 3.12. The number of nitriles is 1. The van der Waals surface area contributed by atoms with Crippen molar-refractivity contribution in [2.24, 2.45) is 0 Å². The first-order valence-corrected chi connectivity index (χ1v) is 8.11. The lowest BCUT2D eigenvalue weighted by atomic mass is 10.1. The molecular formula is C16H14N2O4S. The molecule has 0 saturated heterocycles. The molecule has 0 aliphatic rings. The molecule has 7 heteroatoms. The van der Waals surface area contributed by atoms with Crippen LogP contribution in [0, 0.1) is 11.3 Å². The van der Waals surface area contributed by atoms with Gasteiger partial charge in [0.2, 0.25) is 10.0 Å². The van der Waals surface area contributed by atoms with E-state index in [2.05, 4.69) is 9.46 Å². The minimum atomic E-state index is -3.95. The standard InChI is InChI=1S/C16H14N2O4S/c1-22-16(19)15(13-5-3-2-4-6-13)18-23(20,21)14-9-7-12(11-17)8-10-14/h2-10,15,18H,1H3. The molecule has 0 amide bonds. The van der Waals surface area contributed by atoms with Crippen LogP contribution in [0.5, 0.6) is 0 Å². The number of ether oxygens (including phenoxy) is 1. The third-order valence-electron chi connectivity index (χ3n) is 3.14. The quantitative estimate of drug-likeness (QED) is 0.843. The van der Waals surface area contributed by atoms with Crippen LogP contribution in [0.15, 0.2) is 59.5 Å². The summed E-state index contributed by atoms with van der Waals surface area (Å²) in [6.45, 7) is 0. The fourth-order valence-electron chi connectivity index (χ4n) is 1.95. The molecule has 0 fully saturated rings. The van der Waals surface area contributed by atoms with Crippen LogP contribution in [-0.2, 0) is 19.6 Å². The maximum absolute atomic E-state index is 12.4. The van der Waals surface area contributed by atoms with Crippen LogP contribution in [0.3, 0.4) is 0 Å². The number of hydrogen-bond acceptors (Lipinski definition) is 5. The van der Waals surface area contributed by atoms with Gasteiger partial charge in [-0.3, -0.25) is 0 Å². The molecule has 0 saturated carbocycles. The second kappa shape index (κ2) is 7.05. The molecule has 2 aromatic rings. The molecule has 23 heavy (non-hydrogen) atoms. The van der Waals surface area contributed by atoms with E-state index in [1.165, 1.54) is 31.4 Å². The first-order chi connectivity index (χ1) is 11.0. The molecule has 1 atom stereocenters. The monoisotopic (exact) mass is 330 g/mol. The molecule has 0 aromatic heterocycles. The Morgan fingerprint density at radius 3 is 2.26 bits per heavy atom. The lowest BCUT2D eigenvalue weighted by molar-refractivity contribution is -0.142. The normalized spacial score (nSPS) is 12.2. The van der Waals surface area contributed by atoms with Crippen LogP contribution in [0.25, 0.3) is 0 Å². The molecule has 2 aromatic carbocycles. The van der Waals surface area contributed by atoms with Crippen LogP contribution in [0.1, 0.15) is 17.2 Å². The summed E-state index contributed by atoms with van der Waals surface area (Å²) in [6, 6.07) is 14.6. The van der Waals surface area contributed by atoms with Gasteiger partial charge in [0.15, 0.2) is 0 Å². The molecule has 0 aliphatic heterocycles. The third-order valence-corrected chi connectivity index (χ3v) is 4.58. The lowest BCUT2D eigenvalue weighted by Gasteiger charge is -2.17. The second-order valence-electron chi connectivity index (χ2n) is 4.62. The molecule has 0 bridgehead atoms. The number of benzene rings is 2. The van der Waals surface area contributed by atoms with Crippen molar-refractivity contribution in [1.82, 2.24) is 4.72 Å². The van der Waals surface area contributed by atoms with Gasteiger partial charge < -0.3 is 4.74 Å². The Kier molecular flexibility index (Phi) is 5.11. The Labute approximate surface area is 134 Å². The van der Waals surface area contributed by atoms with Gasteiger partial charge in [0.25, 0.3) is 0 Å². The van der Waals surface area contributed by atoms with Crippen molar-refractivity contribution in [3.63, 3.8) is 0 Å². The Morgan fingerprint density at radius 1 is 1.13 bits per heavy atom. The Morgan fingerprint density at radius 2 is 1.74 bits per heavy atom. The first-order valence-electron chi connectivity index (χ1n) is 6.63. The van der Waals surface area contributed by atoms with E-state index in [4.69, 9.17) is 5.26 Å². The van der Waals surface area contributed by atoms with Gasteiger partial charge in [0, 0.05) is 0 Å². The summed E-state index contributed by atoms with van der Waals surface area (Å²) in [5, 5.41) is 8.75. The smallest absolute Gasteiger partial charge is 0.328 e. The van der Waals surface area contributed by atoms with Gasteiger partial charge >= 0.3 is 5.97 Å². The molecule has 6 nitrogen and oxygen atoms in total. The lowest BCUT2D eigenvalue weighted by Crippen LogP contribution is -2.34. The van der Waals surface area contributed by atoms with Gasteiger partial charge in [-0.05, 0) is 29.8 Å². The van der Waals surface area contributed by atoms with Crippen molar-refractivity contribution in [3.05, 3.63) is 65.7 Å². The molecule has 0 spiro atoms. The highest BCUT2D eigenvalue weighted by atomic mass is 32.2. The van der Waals surface area contributed by atoms with E-state index in [9.17, 15) is 13.2 Å². The molecule has 118 valence electrons. The number of rotatable bonds is 5. The molecule has 0 radical (unpaired) electrons. The Balaban J connectivity index is 2.34. The second-order valence-corrected chi connectivity index (χ2v) is 6.34. The summed E-state index contributed by atoms with van der Waals surface area (Å²) in [6.07, 6.45) is 0. The van der Waals surface area contributed by atoms with Crippen molar-refractivity contribution in [2.45, 2.75) is 10.9 Å². The summed E-state index contributed by atoms with van der Waals surface area (Å²) in [5.41, 5.74) is 0.813. The van der Waals surface area contributed by atoms with Crippen LogP contribution < -0.4 is 4.72 Å². The highest BCUT2D eigenvalue weighted by Gasteiger charge is 2.27. The van der Waals surface area contributed by atoms with E-state index in [1.807, 2.05) is 6.07 Å². The molecular weight excluding hydrogens is 316 g/mol. The molecule has 1 unspecified atom stereocenters. The van der Waals surface area contributed by atoms with Crippen LogP contribution in [-0.4, -0.2) is 21.5 Å². The van der Waals surface area contributed by atoms with E-state index in [-0.39, 0.29) is 4.90 Å². The average molecular weight is 330 g/mol. The zero-order chi connectivity index (χ0) is 16.9. The average Bonchev–Trinajstić information content (AvgIpc) is 2.60. The van der Waals surface area contributed by atoms with Crippen molar-refractivity contribution in [2.75, 3.05) is 7.11 Å². The Bertz CT molecular complexity index is 825. The third kappa shape index (κ3) is 3.94. The van der Waals surface area contributed by atoms with E-state index < -0.39 is 22.0 Å². The zero-order valence-corrected chi connectivity index (χ0v) is 13.1. The number of carbonyl (C=O) groups excluding carboxylic acids is 1. The predicted octanol–water partition coefficient (Wildman–Crippen LogP) is 1.75. The van der Waals surface area contributed by atoms with Gasteiger partial charge in [-0.25, -0.2) is 13.2 Å². The zero-order valence-electron chi connectivity index (χ0n) is 12.3. The fraction of sp³-hybridized carbons (Fsp3) is 0.125. The summed E-state index contributed by atoms with van der Waals surface area (Å²) in [5.74, 6) is -0.714. The predicted molar refractivity (Wildman–Crippen MR) is 82.7 cm³/mol. The van der Waals surface area contributed by atoms with E-state index >= 15 is 0 Å². The summed E-state index contributed by atoms with van der Waals surface area (Å²) in [4.78, 5) is 11.9. The van der Waals surface area contributed by atoms with Crippen molar-refractivity contribution >= 4 is 16.0 Å². The number of nitrogens with zero attached hydrogens (tertiary/aromatic N) is 1. The summed E-state index contributed by atoms with van der Waals surface area (Å²) < 4.78 is 31.9. The topological polar surface area (TPSA) is 96.3 Å². The number of sulfonamides is 1. The van der Waals surface area contributed by atoms with Gasteiger partial charge in [-0.2, -0.15) is 9.98 Å². The maximum Gasteiger partial charge on any atom is 0.328 e. The van der Waals surface area contributed by atoms with E-state index in [0.717, 1.165) is 0 Å². The van der Waals surface area contributed by atoms with Gasteiger partial charge in [0.1, 0.15) is 6.04 Å². The van der Waals surface area contributed by atoms with Crippen molar-refractivity contribution in [3.8, 4) is 6.07 Å². The minimum absolute atomic E-state index is 0.0404. The Hall–Kier alpha value is -2.69. The molecule has 1 N–H and O–H groups in total. The van der Waals surface area contributed by atoms with Gasteiger partial charge in [-0.1, -0.05) is 30.3 Å². The number of carbonyl (C=O) groups is 1. The first kappa shape index (κ1) is 16.7. The largest absolute Gasteiger partial charge is 0.468 e. The van der Waals surface area contributed by atoms with Gasteiger partial charge in [0.05, 0.1) is 23.6 Å². The van der Waals surface area contributed by atoms with Crippen LogP contribution >= 0.6 is 0 Å². The van der Waals surface area contributed by atoms with Crippen molar-refractivity contribution < 1.29 is 17.9 Å². The summed E-state index contributed by atoms with van der Waals surface area (Å²) >= 11 is 0. The van der Waals surface area contributed by atoms with E-state index in [1.54, 1.807) is 30.3 Å². The van der Waals surface area contributed by atoms with Gasteiger partial charge in [-0.15, -0.1) is 0 Å². The highest BCUT2D eigenvalue weighted by Crippen LogP contribution is 2.19. The molecule has 2 rings (SSSR count). The van der Waals surface area contributed by atoms with E-state index in [0.29, 0.717) is 11.1 Å². The number of esters is 1. The molecule has 0 aliphatic carbocycles.